The van der Waals surface area contributed by atoms with Crippen molar-refractivity contribution in [1.29, 1.82) is 0 Å². The van der Waals surface area contributed by atoms with E-state index in [9.17, 15) is 9.90 Å². The minimum absolute atomic E-state index is 0.0714. The van der Waals surface area contributed by atoms with Crippen molar-refractivity contribution in [3.8, 4) is 5.75 Å². The third kappa shape index (κ3) is 3.87. The maximum absolute atomic E-state index is 11.9. The van der Waals surface area contributed by atoms with Crippen molar-refractivity contribution in [2.24, 2.45) is 0 Å². The number of benzene rings is 1. The first kappa shape index (κ1) is 14.8. The molecule has 0 fully saturated rings. The van der Waals surface area contributed by atoms with Crippen LogP contribution in [0, 0.1) is 0 Å². The molecular formula is C12H16ClNO4. The number of carbonyl (C=O) groups is 1. The van der Waals surface area contributed by atoms with Crippen LogP contribution in [0.4, 0.5) is 0 Å². The van der Waals surface area contributed by atoms with Crippen LogP contribution in [0.3, 0.4) is 0 Å². The molecule has 0 bridgehead atoms. The second-order valence-electron chi connectivity index (χ2n) is 4.18. The van der Waals surface area contributed by atoms with Gasteiger partial charge in [-0.2, -0.15) is 0 Å². The lowest BCUT2D eigenvalue weighted by molar-refractivity contribution is 0.00318. The van der Waals surface area contributed by atoms with Gasteiger partial charge >= 0.3 is 0 Å². The number of hydrogen-bond donors (Lipinski definition) is 3. The first-order valence-electron chi connectivity index (χ1n) is 5.34. The lowest BCUT2D eigenvalue weighted by atomic mass is 10.1. The molecule has 100 valence electrons. The van der Waals surface area contributed by atoms with E-state index in [0.717, 1.165) is 0 Å². The van der Waals surface area contributed by atoms with Gasteiger partial charge in [0.1, 0.15) is 11.4 Å². The van der Waals surface area contributed by atoms with E-state index in [4.69, 9.17) is 21.4 Å². The average Bonchev–Trinajstić information content (AvgIpc) is 2.36. The van der Waals surface area contributed by atoms with Gasteiger partial charge in [-0.1, -0.05) is 11.6 Å². The number of amides is 1. The number of hydrogen-bond acceptors (Lipinski definition) is 4. The van der Waals surface area contributed by atoms with Crippen LogP contribution in [0.5, 0.6) is 5.75 Å². The number of ether oxygens (including phenoxy) is 1. The highest BCUT2D eigenvalue weighted by Gasteiger charge is 2.21. The summed E-state index contributed by atoms with van der Waals surface area (Å²) < 4.78 is 5.05. The fraction of sp³-hybridized carbons (Fsp3) is 0.417. The van der Waals surface area contributed by atoms with Crippen molar-refractivity contribution >= 4 is 17.5 Å². The first-order chi connectivity index (χ1) is 8.39. The highest BCUT2D eigenvalue weighted by molar-refractivity contribution is 6.31. The number of aliphatic hydroxyl groups excluding tert-OH is 1. The standard InChI is InChI=1S/C12H16ClNO4/c1-12(17,7-15)6-14-11(16)9-5-8(13)3-4-10(9)18-2/h3-5,15,17H,6-7H2,1-2H3,(H,14,16). The fourth-order valence-corrected chi connectivity index (χ4v) is 1.45. The van der Waals surface area contributed by atoms with Crippen LogP contribution in [0.15, 0.2) is 18.2 Å². The predicted molar refractivity (Wildman–Crippen MR) is 68.0 cm³/mol. The molecular weight excluding hydrogens is 258 g/mol. The third-order valence-electron chi connectivity index (χ3n) is 2.38. The summed E-state index contributed by atoms with van der Waals surface area (Å²) in [6.45, 7) is 0.903. The smallest absolute Gasteiger partial charge is 0.255 e. The summed E-state index contributed by atoms with van der Waals surface area (Å²) in [6, 6.07) is 4.67. The van der Waals surface area contributed by atoms with E-state index in [-0.39, 0.29) is 12.1 Å². The van der Waals surface area contributed by atoms with E-state index < -0.39 is 18.1 Å². The van der Waals surface area contributed by atoms with E-state index in [2.05, 4.69) is 5.32 Å². The van der Waals surface area contributed by atoms with Crippen molar-refractivity contribution in [3.63, 3.8) is 0 Å². The van der Waals surface area contributed by atoms with Gasteiger partial charge in [-0.3, -0.25) is 4.79 Å². The quantitative estimate of drug-likeness (QED) is 0.742. The second-order valence-corrected chi connectivity index (χ2v) is 4.62. The SMILES string of the molecule is COc1ccc(Cl)cc1C(=O)NCC(C)(O)CO. The number of rotatable bonds is 5. The molecule has 0 aromatic heterocycles. The molecule has 0 spiro atoms. The van der Waals surface area contributed by atoms with Crippen molar-refractivity contribution in [2.75, 3.05) is 20.3 Å². The van der Waals surface area contributed by atoms with Gasteiger partial charge in [0.15, 0.2) is 0 Å². The van der Waals surface area contributed by atoms with Crippen LogP contribution in [0.2, 0.25) is 5.02 Å². The lowest BCUT2D eigenvalue weighted by Gasteiger charge is -2.20. The van der Waals surface area contributed by atoms with Gasteiger partial charge in [0, 0.05) is 11.6 Å². The van der Waals surface area contributed by atoms with Gasteiger partial charge < -0.3 is 20.3 Å². The highest BCUT2D eigenvalue weighted by atomic mass is 35.5. The Bertz CT molecular complexity index is 434. The maximum atomic E-state index is 11.9. The fourth-order valence-electron chi connectivity index (χ4n) is 1.28. The monoisotopic (exact) mass is 273 g/mol. The van der Waals surface area contributed by atoms with Crippen LogP contribution in [-0.2, 0) is 0 Å². The minimum atomic E-state index is -1.36. The van der Waals surface area contributed by atoms with Crippen molar-refractivity contribution < 1.29 is 19.7 Å². The van der Waals surface area contributed by atoms with Gasteiger partial charge in [-0.25, -0.2) is 0 Å². The maximum Gasteiger partial charge on any atom is 0.255 e. The number of aliphatic hydroxyl groups is 2. The molecule has 1 amide bonds. The molecule has 6 heteroatoms. The Hall–Kier alpha value is -1.30. The summed E-state index contributed by atoms with van der Waals surface area (Å²) in [7, 11) is 1.45. The molecule has 1 aromatic rings. The van der Waals surface area contributed by atoms with Crippen LogP contribution >= 0.6 is 11.6 Å². The van der Waals surface area contributed by atoms with E-state index in [1.807, 2.05) is 0 Å². The molecule has 0 aliphatic heterocycles. The molecule has 0 heterocycles. The Kier molecular flexibility index (Phi) is 4.95. The first-order valence-corrected chi connectivity index (χ1v) is 5.72. The van der Waals surface area contributed by atoms with Crippen molar-refractivity contribution in [1.82, 2.24) is 5.32 Å². The second kappa shape index (κ2) is 6.04. The van der Waals surface area contributed by atoms with Crippen molar-refractivity contribution in [3.05, 3.63) is 28.8 Å². The van der Waals surface area contributed by atoms with Crippen molar-refractivity contribution in [2.45, 2.75) is 12.5 Å². The summed E-state index contributed by atoms with van der Waals surface area (Å²) in [5, 5.41) is 21.4. The zero-order chi connectivity index (χ0) is 13.8. The third-order valence-corrected chi connectivity index (χ3v) is 2.61. The predicted octanol–water partition coefficient (Wildman–Crippen LogP) is 0.822. The molecule has 1 unspecified atom stereocenters. The zero-order valence-corrected chi connectivity index (χ0v) is 11.0. The van der Waals surface area contributed by atoms with E-state index in [0.29, 0.717) is 10.8 Å². The van der Waals surface area contributed by atoms with Crippen LogP contribution in [-0.4, -0.2) is 42.0 Å². The van der Waals surface area contributed by atoms with Gasteiger partial charge in [0.2, 0.25) is 0 Å². The Labute approximate surface area is 110 Å². The molecule has 5 nitrogen and oxygen atoms in total. The Morgan fingerprint density at radius 3 is 2.78 bits per heavy atom. The highest BCUT2D eigenvalue weighted by Crippen LogP contribution is 2.22. The summed E-state index contributed by atoms with van der Waals surface area (Å²) in [5.74, 6) is -0.0383. The summed E-state index contributed by atoms with van der Waals surface area (Å²) in [5.41, 5.74) is -1.08. The Morgan fingerprint density at radius 2 is 2.22 bits per heavy atom. The van der Waals surface area contributed by atoms with Gasteiger partial charge in [0.25, 0.3) is 5.91 Å². The molecule has 0 radical (unpaired) electrons. The molecule has 0 aliphatic carbocycles. The summed E-state index contributed by atoms with van der Waals surface area (Å²) in [6.07, 6.45) is 0. The molecule has 0 aliphatic rings. The normalized spacial score (nSPS) is 13.8. The zero-order valence-electron chi connectivity index (χ0n) is 10.2. The molecule has 3 N–H and O–H groups in total. The number of nitrogens with one attached hydrogen (secondary N) is 1. The van der Waals surface area contributed by atoms with E-state index >= 15 is 0 Å². The molecule has 1 rings (SSSR count). The number of methoxy groups -OCH3 is 1. The topological polar surface area (TPSA) is 78.8 Å². The molecule has 1 aromatic carbocycles. The molecule has 0 saturated heterocycles. The Balaban J connectivity index is 2.81. The summed E-state index contributed by atoms with van der Waals surface area (Å²) in [4.78, 5) is 11.9. The van der Waals surface area contributed by atoms with Gasteiger partial charge in [-0.15, -0.1) is 0 Å². The minimum Gasteiger partial charge on any atom is -0.496 e. The summed E-state index contributed by atoms with van der Waals surface area (Å²) >= 11 is 5.81. The van der Waals surface area contributed by atoms with E-state index in [1.165, 1.54) is 20.1 Å². The molecule has 1 atom stereocenters. The van der Waals surface area contributed by atoms with Crippen LogP contribution in [0.1, 0.15) is 17.3 Å². The number of carbonyl (C=O) groups excluding carboxylic acids is 1. The molecule has 0 saturated carbocycles. The largest absolute Gasteiger partial charge is 0.496 e. The Morgan fingerprint density at radius 1 is 1.56 bits per heavy atom. The van der Waals surface area contributed by atoms with Crippen LogP contribution < -0.4 is 10.1 Å². The lowest BCUT2D eigenvalue weighted by Crippen LogP contribution is -2.43. The number of halogens is 1. The van der Waals surface area contributed by atoms with Gasteiger partial charge in [0.05, 0.1) is 19.3 Å². The van der Waals surface area contributed by atoms with Crippen LogP contribution in [0.25, 0.3) is 0 Å². The van der Waals surface area contributed by atoms with Gasteiger partial charge in [-0.05, 0) is 25.1 Å². The van der Waals surface area contributed by atoms with E-state index in [1.54, 1.807) is 12.1 Å². The average molecular weight is 274 g/mol. The molecule has 18 heavy (non-hydrogen) atoms.